The summed E-state index contributed by atoms with van der Waals surface area (Å²) in [7, 11) is -2.31. The number of halogens is 1. The second-order valence-corrected chi connectivity index (χ2v) is 7.31. The number of hydrogen-bond donors (Lipinski definition) is 1. The Labute approximate surface area is 135 Å². The van der Waals surface area contributed by atoms with E-state index in [0.717, 1.165) is 13.2 Å². The maximum Gasteiger partial charge on any atom is 0.268 e. The molecule has 0 saturated carbocycles. The zero-order valence-corrected chi connectivity index (χ0v) is 13.9. The summed E-state index contributed by atoms with van der Waals surface area (Å²) in [6, 6.07) is 7.97. The summed E-state index contributed by atoms with van der Waals surface area (Å²) >= 11 is 3.27. The first-order chi connectivity index (χ1) is 10.4. The third-order valence-electron chi connectivity index (χ3n) is 3.25. The van der Waals surface area contributed by atoms with E-state index in [4.69, 9.17) is 4.74 Å². The van der Waals surface area contributed by atoms with E-state index in [0.29, 0.717) is 16.7 Å². The van der Waals surface area contributed by atoms with Crippen molar-refractivity contribution in [3.8, 4) is 5.75 Å². The van der Waals surface area contributed by atoms with Crippen LogP contribution in [0.5, 0.6) is 5.75 Å². The van der Waals surface area contributed by atoms with Crippen molar-refractivity contribution in [3.63, 3.8) is 0 Å². The van der Waals surface area contributed by atoms with E-state index in [2.05, 4.69) is 15.9 Å². The van der Waals surface area contributed by atoms with E-state index < -0.39 is 10.0 Å². The van der Waals surface area contributed by atoms with E-state index >= 15 is 0 Å². The molecule has 3 aromatic rings. The lowest BCUT2D eigenvalue weighted by molar-refractivity contribution is -0.904. The van der Waals surface area contributed by atoms with E-state index in [9.17, 15) is 13.6 Å². The molecule has 2 aromatic heterocycles. The van der Waals surface area contributed by atoms with E-state index in [1.807, 2.05) is 0 Å². The highest BCUT2D eigenvalue weighted by Crippen LogP contribution is 2.27. The van der Waals surface area contributed by atoms with E-state index in [1.54, 1.807) is 18.2 Å². The predicted octanol–water partition coefficient (Wildman–Crippen LogP) is 2.17. The van der Waals surface area contributed by atoms with Crippen LogP contribution in [0.3, 0.4) is 0 Å². The van der Waals surface area contributed by atoms with Gasteiger partial charge in [0.15, 0.2) is 5.75 Å². The third kappa shape index (κ3) is 2.34. The lowest BCUT2D eigenvalue weighted by Gasteiger charge is -2.07. The summed E-state index contributed by atoms with van der Waals surface area (Å²) in [6.07, 6.45) is 4.11. The number of nitrogens with zero attached hydrogens (tertiary/aromatic N) is 2. The largest absolute Gasteiger partial charge is 0.490 e. The standard InChI is InChI=1S/C14H12BrN2O4S/c1-21-14-9-16(18)8-13-12(14)6-7-17(13)22(19,20)11-4-2-10(15)3-5-11/h2-9,18H,1H3/q+1. The minimum atomic E-state index is -3.76. The van der Waals surface area contributed by atoms with Gasteiger partial charge in [-0.3, -0.25) is 5.21 Å². The van der Waals surface area contributed by atoms with Crippen molar-refractivity contribution >= 4 is 36.9 Å². The van der Waals surface area contributed by atoms with E-state index in [1.165, 1.54) is 37.8 Å². The zero-order valence-electron chi connectivity index (χ0n) is 11.5. The summed E-state index contributed by atoms with van der Waals surface area (Å²) in [5.74, 6) is 0.379. The van der Waals surface area contributed by atoms with Gasteiger partial charge < -0.3 is 4.74 Å². The Morgan fingerprint density at radius 3 is 2.50 bits per heavy atom. The Morgan fingerprint density at radius 1 is 1.18 bits per heavy atom. The van der Waals surface area contributed by atoms with Gasteiger partial charge in [0.2, 0.25) is 6.20 Å². The molecule has 0 aliphatic carbocycles. The van der Waals surface area contributed by atoms with Crippen LogP contribution in [0, 0.1) is 0 Å². The predicted molar refractivity (Wildman–Crippen MR) is 82.6 cm³/mol. The van der Waals surface area contributed by atoms with Crippen LogP contribution in [-0.4, -0.2) is 24.7 Å². The molecule has 8 heteroatoms. The van der Waals surface area contributed by atoms with Crippen molar-refractivity contribution in [2.45, 2.75) is 4.90 Å². The highest BCUT2D eigenvalue weighted by Gasteiger charge is 2.23. The van der Waals surface area contributed by atoms with Crippen molar-refractivity contribution < 1.29 is 23.1 Å². The molecule has 0 fully saturated rings. The molecule has 1 N–H and O–H groups in total. The van der Waals surface area contributed by atoms with Gasteiger partial charge in [0.1, 0.15) is 5.52 Å². The average molecular weight is 384 g/mol. The molecule has 0 amide bonds. The lowest BCUT2D eigenvalue weighted by Crippen LogP contribution is -2.29. The quantitative estimate of drug-likeness (QED) is 0.555. The van der Waals surface area contributed by atoms with Crippen LogP contribution < -0.4 is 9.47 Å². The Balaban J connectivity index is 2.26. The molecule has 1 aromatic carbocycles. The molecule has 3 rings (SSSR count). The van der Waals surface area contributed by atoms with Crippen LogP contribution in [0.4, 0.5) is 0 Å². The molecule has 0 aliphatic heterocycles. The number of benzene rings is 1. The molecule has 0 aliphatic rings. The Hall–Kier alpha value is -2.06. The SMILES string of the molecule is COc1c[n+](O)cc2c1ccn2S(=O)(=O)c1ccc(Br)cc1. The molecule has 0 radical (unpaired) electrons. The van der Waals surface area contributed by atoms with Gasteiger partial charge in [0, 0.05) is 15.4 Å². The molecule has 0 atom stereocenters. The Kier molecular flexibility index (Phi) is 3.57. The number of fused-ring (bicyclic) bond motifs is 1. The van der Waals surface area contributed by atoms with Gasteiger partial charge in [-0.15, -0.1) is 0 Å². The van der Waals surface area contributed by atoms with Gasteiger partial charge >= 0.3 is 0 Å². The van der Waals surface area contributed by atoms with Gasteiger partial charge in [-0.2, -0.15) is 0 Å². The summed E-state index contributed by atoms with van der Waals surface area (Å²) in [4.78, 5) is 0.153. The molecule has 0 saturated heterocycles. The van der Waals surface area contributed by atoms with Crippen LogP contribution in [-0.2, 0) is 10.0 Å². The van der Waals surface area contributed by atoms with Crippen molar-refractivity contribution in [1.82, 2.24) is 3.97 Å². The number of hydrogen-bond acceptors (Lipinski definition) is 4. The van der Waals surface area contributed by atoms with Crippen molar-refractivity contribution in [2.75, 3.05) is 7.11 Å². The van der Waals surface area contributed by atoms with Crippen LogP contribution >= 0.6 is 15.9 Å². The minimum absolute atomic E-state index is 0.153. The first-order valence-corrected chi connectivity index (χ1v) is 8.47. The van der Waals surface area contributed by atoms with Gasteiger partial charge in [0.05, 0.1) is 17.4 Å². The minimum Gasteiger partial charge on any atom is -0.490 e. The number of ether oxygens (including phenoxy) is 1. The van der Waals surface area contributed by atoms with Gasteiger partial charge in [-0.05, 0) is 30.3 Å². The van der Waals surface area contributed by atoms with Crippen LogP contribution in [0.1, 0.15) is 0 Å². The second kappa shape index (κ2) is 5.29. The molecule has 22 heavy (non-hydrogen) atoms. The summed E-state index contributed by atoms with van der Waals surface area (Å²) in [6.45, 7) is 0. The normalized spacial score (nSPS) is 11.7. The topological polar surface area (TPSA) is 72.4 Å². The fourth-order valence-corrected chi connectivity index (χ4v) is 3.80. The number of methoxy groups -OCH3 is 1. The Morgan fingerprint density at radius 2 is 1.86 bits per heavy atom. The lowest BCUT2D eigenvalue weighted by atomic mass is 10.3. The van der Waals surface area contributed by atoms with Crippen molar-refractivity contribution in [3.05, 3.63) is 53.4 Å². The molecule has 6 nitrogen and oxygen atoms in total. The molecule has 0 unspecified atom stereocenters. The molecule has 0 bridgehead atoms. The number of pyridine rings is 1. The van der Waals surface area contributed by atoms with Crippen LogP contribution in [0.25, 0.3) is 10.9 Å². The van der Waals surface area contributed by atoms with Crippen LogP contribution in [0.15, 0.2) is 58.3 Å². The highest BCUT2D eigenvalue weighted by molar-refractivity contribution is 9.10. The summed E-state index contributed by atoms with van der Waals surface area (Å²) < 4.78 is 33.3. The smallest absolute Gasteiger partial charge is 0.268 e. The van der Waals surface area contributed by atoms with Crippen molar-refractivity contribution in [2.24, 2.45) is 0 Å². The molecule has 114 valence electrons. The maximum absolute atomic E-state index is 12.7. The van der Waals surface area contributed by atoms with Gasteiger partial charge in [-0.25, -0.2) is 12.4 Å². The maximum atomic E-state index is 12.7. The fraction of sp³-hybridized carbons (Fsp3) is 0.0714. The summed E-state index contributed by atoms with van der Waals surface area (Å²) in [5, 5.41) is 10.3. The number of rotatable bonds is 3. The van der Waals surface area contributed by atoms with Gasteiger partial charge in [-0.1, -0.05) is 15.9 Å². The molecule has 2 heterocycles. The third-order valence-corrected chi connectivity index (χ3v) is 5.48. The number of aromatic nitrogens is 2. The average Bonchev–Trinajstić information content (AvgIpc) is 2.91. The molecular weight excluding hydrogens is 372 g/mol. The van der Waals surface area contributed by atoms with Crippen molar-refractivity contribution in [1.29, 1.82) is 0 Å². The fourth-order valence-electron chi connectivity index (χ4n) is 2.21. The first-order valence-electron chi connectivity index (χ1n) is 6.24. The molecular formula is C14H12BrN2O4S+. The highest BCUT2D eigenvalue weighted by atomic mass is 79.9. The monoisotopic (exact) mass is 383 g/mol. The zero-order chi connectivity index (χ0) is 15.9. The Bertz CT molecular complexity index is 949. The van der Waals surface area contributed by atoms with E-state index in [-0.39, 0.29) is 4.90 Å². The van der Waals surface area contributed by atoms with Gasteiger partial charge in [0.25, 0.3) is 16.2 Å². The summed E-state index contributed by atoms with van der Waals surface area (Å²) in [5.41, 5.74) is 0.324. The second-order valence-electron chi connectivity index (χ2n) is 4.58. The van der Waals surface area contributed by atoms with Crippen LogP contribution in [0.2, 0.25) is 0 Å². The molecule has 0 spiro atoms. The first kappa shape index (κ1) is 14.9.